The quantitative estimate of drug-likeness (QED) is 0.525. The molecule has 0 fully saturated rings. The van der Waals surface area contributed by atoms with Crippen molar-refractivity contribution in [3.05, 3.63) is 12.2 Å². The van der Waals surface area contributed by atoms with Gasteiger partial charge in [0.05, 0.1) is 12.7 Å². The van der Waals surface area contributed by atoms with Crippen molar-refractivity contribution in [1.82, 2.24) is 0 Å². The molecule has 10 heavy (non-hydrogen) atoms. The fourth-order valence-corrected chi connectivity index (χ4v) is 1.28. The Morgan fingerprint density at radius 3 is 2.70 bits per heavy atom. The molecule has 0 saturated heterocycles. The summed E-state index contributed by atoms with van der Waals surface area (Å²) in [4.78, 5) is 0. The molecule has 2 nitrogen and oxygen atoms in total. The number of hydrogen-bond acceptors (Lipinski definition) is 2. The maximum atomic E-state index is 9.33. The molecule has 0 aromatic rings. The molecule has 0 heterocycles. The van der Waals surface area contributed by atoms with E-state index in [9.17, 15) is 5.11 Å². The molecule has 0 amide bonds. The first kappa shape index (κ1) is 7.76. The summed E-state index contributed by atoms with van der Waals surface area (Å²) in [5.74, 6) is 0.425. The van der Waals surface area contributed by atoms with Crippen molar-refractivity contribution in [2.75, 3.05) is 6.61 Å². The van der Waals surface area contributed by atoms with Gasteiger partial charge in [0.2, 0.25) is 0 Å². The van der Waals surface area contributed by atoms with Gasteiger partial charge in [0, 0.05) is 5.92 Å². The second-order valence-electron chi connectivity index (χ2n) is 3.01. The predicted molar refractivity (Wildman–Crippen MR) is 39.5 cm³/mol. The first-order valence-corrected chi connectivity index (χ1v) is 3.71. The van der Waals surface area contributed by atoms with Gasteiger partial charge in [0.1, 0.15) is 0 Å². The van der Waals surface area contributed by atoms with Crippen LogP contribution in [0.4, 0.5) is 0 Å². The molecule has 0 bridgehead atoms. The van der Waals surface area contributed by atoms with Crippen molar-refractivity contribution in [3.63, 3.8) is 0 Å². The van der Waals surface area contributed by atoms with Gasteiger partial charge in [-0.2, -0.15) is 0 Å². The van der Waals surface area contributed by atoms with E-state index in [1.165, 1.54) is 0 Å². The summed E-state index contributed by atoms with van der Waals surface area (Å²) in [7, 11) is 0. The average molecular weight is 142 g/mol. The molecule has 0 aromatic heterocycles. The fourth-order valence-electron chi connectivity index (χ4n) is 1.28. The van der Waals surface area contributed by atoms with Crippen LogP contribution in [0.5, 0.6) is 0 Å². The lowest BCUT2D eigenvalue weighted by Crippen LogP contribution is -2.26. The van der Waals surface area contributed by atoms with Crippen LogP contribution in [0.15, 0.2) is 12.2 Å². The molecular formula is C8H14O2. The highest BCUT2D eigenvalue weighted by atomic mass is 16.3. The minimum absolute atomic E-state index is 0.0313. The molecule has 0 saturated carbocycles. The monoisotopic (exact) mass is 142 g/mol. The Morgan fingerprint density at radius 1 is 1.50 bits per heavy atom. The lowest BCUT2D eigenvalue weighted by Gasteiger charge is -2.24. The Hall–Kier alpha value is -0.340. The second kappa shape index (κ2) is 3.17. The molecule has 0 radical (unpaired) electrons. The van der Waals surface area contributed by atoms with Crippen molar-refractivity contribution >= 4 is 0 Å². The number of rotatable bonds is 1. The molecule has 1 aliphatic carbocycles. The lowest BCUT2D eigenvalue weighted by atomic mass is 9.87. The first-order chi connectivity index (χ1) is 4.74. The van der Waals surface area contributed by atoms with E-state index in [-0.39, 0.29) is 18.6 Å². The van der Waals surface area contributed by atoms with Crippen LogP contribution in [-0.4, -0.2) is 22.9 Å². The summed E-state index contributed by atoms with van der Waals surface area (Å²) in [6.45, 7) is 2.12. The van der Waals surface area contributed by atoms with Gasteiger partial charge in [-0.25, -0.2) is 0 Å². The molecule has 0 spiro atoms. The van der Waals surface area contributed by atoms with Gasteiger partial charge in [0.25, 0.3) is 0 Å². The summed E-state index contributed by atoms with van der Waals surface area (Å²) in [5.41, 5.74) is 0. The van der Waals surface area contributed by atoms with E-state index in [0.717, 1.165) is 6.42 Å². The zero-order chi connectivity index (χ0) is 7.56. The smallest absolute Gasteiger partial charge is 0.0630 e. The van der Waals surface area contributed by atoms with E-state index < -0.39 is 0 Å². The molecule has 58 valence electrons. The summed E-state index contributed by atoms with van der Waals surface area (Å²) < 4.78 is 0. The predicted octanol–water partition coefficient (Wildman–Crippen LogP) is 0.552. The summed E-state index contributed by atoms with van der Waals surface area (Å²) in [6.07, 6.45) is 4.39. The molecule has 0 aliphatic heterocycles. The van der Waals surface area contributed by atoms with Crippen molar-refractivity contribution in [2.45, 2.75) is 19.4 Å². The van der Waals surface area contributed by atoms with Crippen molar-refractivity contribution in [1.29, 1.82) is 0 Å². The Labute approximate surface area is 61.2 Å². The highest BCUT2D eigenvalue weighted by Crippen LogP contribution is 2.21. The summed E-state index contributed by atoms with van der Waals surface area (Å²) in [6, 6.07) is 0. The van der Waals surface area contributed by atoms with Crippen LogP contribution in [0.2, 0.25) is 0 Å². The van der Waals surface area contributed by atoms with Gasteiger partial charge in [-0.3, -0.25) is 0 Å². The largest absolute Gasteiger partial charge is 0.396 e. The van der Waals surface area contributed by atoms with E-state index in [0.29, 0.717) is 5.92 Å². The maximum absolute atomic E-state index is 9.33. The van der Waals surface area contributed by atoms with Crippen molar-refractivity contribution < 1.29 is 10.2 Å². The van der Waals surface area contributed by atoms with E-state index in [2.05, 4.69) is 6.92 Å². The van der Waals surface area contributed by atoms with Gasteiger partial charge >= 0.3 is 0 Å². The highest BCUT2D eigenvalue weighted by molar-refractivity contribution is 5.00. The molecule has 0 unspecified atom stereocenters. The van der Waals surface area contributed by atoms with Gasteiger partial charge < -0.3 is 10.2 Å². The van der Waals surface area contributed by atoms with E-state index in [1.807, 2.05) is 12.2 Å². The van der Waals surface area contributed by atoms with Crippen molar-refractivity contribution in [3.8, 4) is 0 Å². The minimum atomic E-state index is -0.343. The van der Waals surface area contributed by atoms with Gasteiger partial charge in [-0.15, -0.1) is 0 Å². The van der Waals surface area contributed by atoms with E-state index >= 15 is 0 Å². The lowest BCUT2D eigenvalue weighted by molar-refractivity contribution is 0.0706. The number of aliphatic hydroxyl groups excluding tert-OH is 2. The van der Waals surface area contributed by atoms with Crippen LogP contribution >= 0.6 is 0 Å². The molecule has 0 aromatic carbocycles. The van der Waals surface area contributed by atoms with Crippen LogP contribution in [0, 0.1) is 11.8 Å². The van der Waals surface area contributed by atoms with Crippen molar-refractivity contribution in [2.24, 2.45) is 11.8 Å². The van der Waals surface area contributed by atoms with Crippen LogP contribution in [0.3, 0.4) is 0 Å². The molecule has 2 heteroatoms. The van der Waals surface area contributed by atoms with Crippen LogP contribution < -0.4 is 0 Å². The fraction of sp³-hybridized carbons (Fsp3) is 0.750. The van der Waals surface area contributed by atoms with E-state index in [4.69, 9.17) is 5.11 Å². The van der Waals surface area contributed by atoms with E-state index in [1.54, 1.807) is 0 Å². The Bertz CT molecular complexity index is 131. The number of hydrogen-bond donors (Lipinski definition) is 2. The molecule has 1 rings (SSSR count). The van der Waals surface area contributed by atoms with Crippen LogP contribution in [-0.2, 0) is 0 Å². The van der Waals surface area contributed by atoms with Gasteiger partial charge in [-0.05, 0) is 12.3 Å². The third-order valence-corrected chi connectivity index (χ3v) is 2.01. The topological polar surface area (TPSA) is 40.5 Å². The standard InChI is InChI=1S/C8H14O2/c1-6-2-3-7(5-9)8(10)4-6/h2-3,6-10H,4-5H2,1H3/t6-,7-,8-/m1/s1. The number of allylic oxidation sites excluding steroid dienone is 1. The summed E-state index contributed by atoms with van der Waals surface area (Å²) in [5, 5.41) is 18.1. The minimum Gasteiger partial charge on any atom is -0.396 e. The molecule has 2 N–H and O–H groups in total. The van der Waals surface area contributed by atoms with Crippen LogP contribution in [0.1, 0.15) is 13.3 Å². The average Bonchev–Trinajstić information content (AvgIpc) is 1.88. The second-order valence-corrected chi connectivity index (χ2v) is 3.01. The SMILES string of the molecule is C[C@@H]1C=C[C@H](CO)[C@H](O)C1. The molecule has 3 atom stereocenters. The normalized spacial score (nSPS) is 40.1. The Kier molecular flexibility index (Phi) is 2.46. The maximum Gasteiger partial charge on any atom is 0.0630 e. The third-order valence-electron chi connectivity index (χ3n) is 2.01. The molecular weight excluding hydrogens is 128 g/mol. The Balaban J connectivity index is 2.53. The first-order valence-electron chi connectivity index (χ1n) is 3.71. The van der Waals surface area contributed by atoms with Crippen LogP contribution in [0.25, 0.3) is 0 Å². The third kappa shape index (κ3) is 1.58. The Morgan fingerprint density at radius 2 is 2.20 bits per heavy atom. The summed E-state index contributed by atoms with van der Waals surface area (Å²) >= 11 is 0. The zero-order valence-electron chi connectivity index (χ0n) is 6.20. The van der Waals surface area contributed by atoms with Gasteiger partial charge in [0.15, 0.2) is 0 Å². The van der Waals surface area contributed by atoms with Gasteiger partial charge in [-0.1, -0.05) is 19.1 Å². The highest BCUT2D eigenvalue weighted by Gasteiger charge is 2.21. The number of aliphatic hydroxyl groups is 2. The molecule has 1 aliphatic rings. The zero-order valence-corrected chi connectivity index (χ0v) is 6.20.